The molecule has 0 N–H and O–H groups in total. The van der Waals surface area contributed by atoms with Gasteiger partial charge in [-0.15, -0.1) is 0 Å². The molecule has 0 aromatic heterocycles. The third-order valence-electron chi connectivity index (χ3n) is 1.21. The second-order valence-corrected chi connectivity index (χ2v) is 2.99. The summed E-state index contributed by atoms with van der Waals surface area (Å²) in [4.78, 5) is 0.339. The van der Waals surface area contributed by atoms with E-state index in [0.717, 1.165) is 5.56 Å². The minimum Gasteiger partial charge on any atom is -0.420 e. The molecule has 0 radical (unpaired) electrons. The van der Waals surface area contributed by atoms with E-state index in [0.29, 0.717) is 4.90 Å². The van der Waals surface area contributed by atoms with Crippen molar-refractivity contribution in [1.29, 1.82) is 0 Å². The van der Waals surface area contributed by atoms with E-state index in [4.69, 9.17) is 0 Å². The molecule has 1 aromatic carbocycles. The third-order valence-corrected chi connectivity index (χ3v) is 1.87. The zero-order valence-corrected chi connectivity index (χ0v) is 10.5. The van der Waals surface area contributed by atoms with Crippen LogP contribution in [0.5, 0.6) is 0 Å². The molecule has 0 atom stereocenters. The Morgan fingerprint density at radius 2 is 1.55 bits per heavy atom. The van der Waals surface area contributed by atoms with Crippen LogP contribution < -0.4 is 51.4 Å². The van der Waals surface area contributed by atoms with Crippen molar-refractivity contribution in [2.75, 3.05) is 0 Å². The van der Waals surface area contributed by atoms with Gasteiger partial charge >= 0.3 is 51.4 Å². The second-order valence-electron chi connectivity index (χ2n) is 2.05. The molecule has 11 heavy (non-hydrogen) atoms. The smallest absolute Gasteiger partial charge is 0.420 e. The van der Waals surface area contributed by atoms with Gasteiger partial charge in [0, 0.05) is 0 Å². The van der Waals surface area contributed by atoms with E-state index in [1.807, 2.05) is 6.92 Å². The molecule has 0 aliphatic heterocycles. The molecular formula is C7H7KO2S. The van der Waals surface area contributed by atoms with Crippen molar-refractivity contribution >= 4 is 10.7 Å². The summed E-state index contributed by atoms with van der Waals surface area (Å²) >= 11 is 0. The summed E-state index contributed by atoms with van der Waals surface area (Å²) < 4.78 is 20.6. The summed E-state index contributed by atoms with van der Waals surface area (Å²) in [5.74, 6) is 0. The van der Waals surface area contributed by atoms with Crippen LogP contribution in [-0.2, 0) is 19.1 Å². The molecule has 0 spiro atoms. The fourth-order valence-corrected chi connectivity index (χ4v) is 1.01. The molecule has 0 saturated heterocycles. The molecule has 0 amide bonds. The molecule has 0 unspecified atom stereocenters. The first-order valence-electron chi connectivity index (χ1n) is 2.86. The number of aryl methyl sites for hydroxylation is 1. The maximum Gasteiger partial charge on any atom is 1.00 e. The van der Waals surface area contributed by atoms with Gasteiger partial charge in [0.05, 0.1) is 0 Å². The summed E-state index contributed by atoms with van der Waals surface area (Å²) in [7, 11) is -2.09. The van der Waals surface area contributed by atoms with Gasteiger partial charge in [-0.25, -0.2) is 0 Å². The maximum absolute atomic E-state index is 10.3. The van der Waals surface area contributed by atoms with Crippen molar-refractivity contribution in [2.45, 2.75) is 11.8 Å². The SMILES string of the molecule is Cc1ccc([S-](=O)=O)cc1.[K+]. The molecule has 0 heterocycles. The quantitative estimate of drug-likeness (QED) is 0.410. The van der Waals surface area contributed by atoms with Gasteiger partial charge in [0.25, 0.3) is 0 Å². The van der Waals surface area contributed by atoms with Crippen LogP contribution in [0.3, 0.4) is 0 Å². The molecule has 0 aliphatic rings. The first kappa shape index (κ1) is 11.8. The van der Waals surface area contributed by atoms with Crippen LogP contribution >= 0.6 is 0 Å². The van der Waals surface area contributed by atoms with Crippen LogP contribution in [0, 0.1) is 6.92 Å². The molecular weight excluding hydrogens is 187 g/mol. The van der Waals surface area contributed by atoms with Crippen LogP contribution in [0.15, 0.2) is 29.2 Å². The van der Waals surface area contributed by atoms with Gasteiger partial charge in [-0.1, -0.05) is 34.7 Å². The average Bonchev–Trinajstić information content (AvgIpc) is 1.88. The van der Waals surface area contributed by atoms with E-state index in [1.165, 1.54) is 0 Å². The van der Waals surface area contributed by atoms with Crippen LogP contribution in [0.4, 0.5) is 0 Å². The maximum atomic E-state index is 10.3. The molecule has 1 aromatic rings. The number of rotatable bonds is 1. The van der Waals surface area contributed by atoms with Gasteiger partial charge < -0.3 is 8.42 Å². The van der Waals surface area contributed by atoms with Crippen molar-refractivity contribution in [3.63, 3.8) is 0 Å². The molecule has 0 bridgehead atoms. The fourth-order valence-electron chi connectivity index (χ4n) is 0.649. The fraction of sp³-hybridized carbons (Fsp3) is 0.143. The zero-order valence-electron chi connectivity index (χ0n) is 6.53. The average molecular weight is 194 g/mol. The molecule has 4 heteroatoms. The topological polar surface area (TPSA) is 34.1 Å². The molecule has 54 valence electrons. The van der Waals surface area contributed by atoms with Gasteiger partial charge in [-0.2, -0.15) is 0 Å². The molecule has 1 rings (SSSR count). The number of benzene rings is 1. The van der Waals surface area contributed by atoms with Crippen LogP contribution in [0.2, 0.25) is 0 Å². The van der Waals surface area contributed by atoms with Crippen molar-refractivity contribution in [3.05, 3.63) is 29.8 Å². The Labute approximate surface area is 110 Å². The van der Waals surface area contributed by atoms with Gasteiger partial charge in [0.15, 0.2) is 0 Å². The molecule has 2 nitrogen and oxygen atoms in total. The monoisotopic (exact) mass is 194 g/mol. The first-order chi connectivity index (χ1) is 4.70. The standard InChI is InChI=1S/C7H7O2S.K/c1-6-2-4-7(5-3-6)10(8)9;/h2-5H,1H3;/q-1;+1. The van der Waals surface area contributed by atoms with Gasteiger partial charge in [-0.3, -0.25) is 0 Å². The molecule has 0 fully saturated rings. The van der Waals surface area contributed by atoms with Gasteiger partial charge in [0.2, 0.25) is 0 Å². The molecule has 0 saturated carbocycles. The van der Waals surface area contributed by atoms with Crippen molar-refractivity contribution in [1.82, 2.24) is 0 Å². The summed E-state index contributed by atoms with van der Waals surface area (Å²) in [6.45, 7) is 1.91. The minimum absolute atomic E-state index is 0. The number of hydrogen-bond donors (Lipinski definition) is 0. The van der Waals surface area contributed by atoms with Crippen LogP contribution in [0.25, 0.3) is 0 Å². The van der Waals surface area contributed by atoms with Crippen LogP contribution in [0.1, 0.15) is 5.56 Å². The van der Waals surface area contributed by atoms with Crippen molar-refractivity contribution in [2.24, 2.45) is 0 Å². The number of hydrogen-bond acceptors (Lipinski definition) is 3. The Morgan fingerprint density at radius 3 is 1.91 bits per heavy atom. The van der Waals surface area contributed by atoms with Crippen molar-refractivity contribution < 1.29 is 59.8 Å². The Morgan fingerprint density at radius 1 is 1.09 bits per heavy atom. The van der Waals surface area contributed by atoms with Gasteiger partial charge in [-0.05, 0) is 17.6 Å². The Balaban J connectivity index is 0.000001000. The first-order valence-corrected chi connectivity index (χ1v) is 3.93. The van der Waals surface area contributed by atoms with E-state index in [1.54, 1.807) is 24.3 Å². The summed E-state index contributed by atoms with van der Waals surface area (Å²) in [5.41, 5.74) is 1.06. The minimum atomic E-state index is -2.09. The summed E-state index contributed by atoms with van der Waals surface area (Å²) in [6, 6.07) is 6.70. The van der Waals surface area contributed by atoms with Gasteiger partial charge in [0.1, 0.15) is 0 Å². The Bertz CT molecular complexity index is 282. The molecule has 0 aliphatic carbocycles. The normalized spacial score (nSPS) is 9.27. The van der Waals surface area contributed by atoms with E-state index in [9.17, 15) is 8.42 Å². The predicted molar refractivity (Wildman–Crippen MR) is 38.2 cm³/mol. The third kappa shape index (κ3) is 3.82. The Kier molecular flexibility index (Phi) is 5.85. The van der Waals surface area contributed by atoms with E-state index >= 15 is 0 Å². The largest absolute Gasteiger partial charge is 1.00 e. The van der Waals surface area contributed by atoms with Crippen molar-refractivity contribution in [3.8, 4) is 0 Å². The zero-order chi connectivity index (χ0) is 7.56. The van der Waals surface area contributed by atoms with E-state index in [2.05, 4.69) is 0 Å². The summed E-state index contributed by atoms with van der Waals surface area (Å²) in [5, 5.41) is 0. The van der Waals surface area contributed by atoms with E-state index < -0.39 is 10.7 Å². The van der Waals surface area contributed by atoms with E-state index in [-0.39, 0.29) is 51.4 Å². The predicted octanol–water partition coefficient (Wildman–Crippen LogP) is -1.33. The Hall–Kier alpha value is 0.806. The summed E-state index contributed by atoms with van der Waals surface area (Å²) in [6.07, 6.45) is 0. The van der Waals surface area contributed by atoms with Crippen LogP contribution in [-0.4, -0.2) is 0 Å². The second kappa shape index (κ2) is 5.45.